The molecule has 1 fully saturated rings. The van der Waals surface area contributed by atoms with Crippen molar-refractivity contribution in [2.75, 3.05) is 17.2 Å². The SMILES string of the molecule is CC(C)(C)OC(=O)[C@H](CSC(c1ccccc1)(c1ccccc1)c1ccccc1)N1C(=O)CSC1=Nc1cc([N+](=O)[O-])ccc1N. The van der Waals surface area contributed by atoms with Crippen LogP contribution >= 0.6 is 23.5 Å². The number of benzene rings is 4. The zero-order valence-corrected chi connectivity index (χ0v) is 27.3. The van der Waals surface area contributed by atoms with E-state index < -0.39 is 27.3 Å². The summed E-state index contributed by atoms with van der Waals surface area (Å²) in [6.07, 6.45) is 0. The Kier molecular flexibility index (Phi) is 9.83. The molecule has 0 aliphatic carbocycles. The van der Waals surface area contributed by atoms with Gasteiger partial charge in [0.15, 0.2) is 5.17 Å². The van der Waals surface area contributed by atoms with Crippen LogP contribution in [0, 0.1) is 10.1 Å². The molecular weight excluding hydrogens is 621 g/mol. The molecule has 46 heavy (non-hydrogen) atoms. The van der Waals surface area contributed by atoms with Crippen LogP contribution in [0.3, 0.4) is 0 Å². The third-order valence-electron chi connectivity index (χ3n) is 7.23. The Morgan fingerprint density at radius 1 is 0.957 bits per heavy atom. The highest BCUT2D eigenvalue weighted by Crippen LogP contribution is 2.49. The van der Waals surface area contributed by atoms with E-state index in [-0.39, 0.29) is 39.6 Å². The number of rotatable bonds is 10. The Morgan fingerprint density at radius 2 is 1.48 bits per heavy atom. The van der Waals surface area contributed by atoms with E-state index in [2.05, 4.69) is 41.4 Å². The van der Waals surface area contributed by atoms with Crippen LogP contribution < -0.4 is 5.73 Å². The van der Waals surface area contributed by atoms with E-state index in [1.165, 1.54) is 34.9 Å². The number of hydrogen-bond acceptors (Lipinski definition) is 9. The number of non-ortho nitro benzene ring substituents is 1. The number of aliphatic imine (C=N–C) groups is 1. The molecule has 11 heteroatoms. The number of thioether (sulfide) groups is 2. The average molecular weight is 655 g/mol. The second-order valence-electron chi connectivity index (χ2n) is 11.6. The summed E-state index contributed by atoms with van der Waals surface area (Å²) in [6, 6.07) is 33.0. The van der Waals surface area contributed by atoms with Crippen molar-refractivity contribution >= 4 is 57.6 Å². The van der Waals surface area contributed by atoms with E-state index in [1.807, 2.05) is 54.6 Å². The molecule has 1 aliphatic rings. The fourth-order valence-electron chi connectivity index (χ4n) is 5.20. The number of nitro benzene ring substituents is 1. The number of ether oxygens (including phenoxy) is 1. The quantitative estimate of drug-likeness (QED) is 0.0627. The number of amidine groups is 1. The van der Waals surface area contributed by atoms with Gasteiger partial charge in [-0.2, -0.15) is 0 Å². The molecule has 0 bridgehead atoms. The largest absolute Gasteiger partial charge is 0.458 e. The Hall–Kier alpha value is -4.61. The Morgan fingerprint density at radius 3 is 1.96 bits per heavy atom. The van der Waals surface area contributed by atoms with E-state index >= 15 is 0 Å². The van der Waals surface area contributed by atoms with Crippen molar-refractivity contribution in [3.63, 3.8) is 0 Å². The fourth-order valence-corrected chi connectivity index (χ4v) is 7.73. The maximum atomic E-state index is 14.0. The van der Waals surface area contributed by atoms with Crippen molar-refractivity contribution in [2.45, 2.75) is 37.2 Å². The lowest BCUT2D eigenvalue weighted by molar-refractivity contribution is -0.384. The summed E-state index contributed by atoms with van der Waals surface area (Å²) in [5, 5.41) is 11.7. The number of hydrogen-bond donors (Lipinski definition) is 1. The smallest absolute Gasteiger partial charge is 0.330 e. The van der Waals surface area contributed by atoms with Gasteiger partial charge in [-0.3, -0.25) is 19.8 Å². The van der Waals surface area contributed by atoms with E-state index in [4.69, 9.17) is 10.5 Å². The van der Waals surface area contributed by atoms with E-state index in [0.29, 0.717) is 0 Å². The Labute approximate surface area is 276 Å². The number of nitro groups is 1. The van der Waals surface area contributed by atoms with Gasteiger partial charge in [-0.25, -0.2) is 9.79 Å². The fraction of sp³-hybridized carbons (Fsp3) is 0.229. The highest BCUT2D eigenvalue weighted by molar-refractivity contribution is 8.15. The number of anilines is 1. The van der Waals surface area contributed by atoms with Crippen molar-refractivity contribution in [3.8, 4) is 0 Å². The van der Waals surface area contributed by atoms with Crippen molar-refractivity contribution in [1.82, 2.24) is 4.90 Å². The molecule has 0 saturated carbocycles. The van der Waals surface area contributed by atoms with Crippen molar-refractivity contribution < 1.29 is 19.2 Å². The molecule has 236 valence electrons. The number of nitrogens with zero attached hydrogens (tertiary/aromatic N) is 3. The van der Waals surface area contributed by atoms with Crippen LogP contribution in [0.4, 0.5) is 17.1 Å². The standard InChI is InChI=1S/C35H34N4O5S2/c1-34(2,3)44-32(41)30(38-31(40)23-45-33(38)37-29-21-27(39(42)43)19-20-28(29)36)22-46-35(24-13-7-4-8-14-24,25-15-9-5-10-16-25)26-17-11-6-12-18-26/h4-21,30H,22-23,36H2,1-3H3/t30-/m0/s1. The summed E-state index contributed by atoms with van der Waals surface area (Å²) in [6.45, 7) is 5.32. The van der Waals surface area contributed by atoms with Gasteiger partial charge in [-0.15, -0.1) is 11.8 Å². The Bertz CT molecular complexity index is 1650. The van der Waals surface area contributed by atoms with Gasteiger partial charge in [0.2, 0.25) is 5.91 Å². The second-order valence-corrected chi connectivity index (χ2v) is 13.8. The minimum atomic E-state index is -1.07. The minimum Gasteiger partial charge on any atom is -0.458 e. The molecular formula is C35H34N4O5S2. The van der Waals surface area contributed by atoms with Crippen molar-refractivity contribution in [3.05, 3.63) is 136 Å². The molecule has 4 aromatic carbocycles. The van der Waals surface area contributed by atoms with Crippen LogP contribution in [-0.2, 0) is 19.1 Å². The molecule has 0 spiro atoms. The summed E-state index contributed by atoms with van der Waals surface area (Å²) < 4.78 is 5.13. The zero-order chi connectivity index (χ0) is 32.9. The van der Waals surface area contributed by atoms with Crippen LogP contribution in [0.15, 0.2) is 114 Å². The van der Waals surface area contributed by atoms with Crippen LogP contribution in [-0.4, -0.2) is 50.0 Å². The van der Waals surface area contributed by atoms with Crippen molar-refractivity contribution in [1.29, 1.82) is 0 Å². The van der Waals surface area contributed by atoms with Crippen LogP contribution in [0.5, 0.6) is 0 Å². The predicted molar refractivity (Wildman–Crippen MR) is 185 cm³/mol. The number of amides is 1. The molecule has 1 heterocycles. The first kappa shape index (κ1) is 32.8. The summed E-state index contributed by atoms with van der Waals surface area (Å²) >= 11 is 2.67. The maximum Gasteiger partial charge on any atom is 0.330 e. The van der Waals surface area contributed by atoms with Gasteiger partial charge in [0.1, 0.15) is 11.6 Å². The highest BCUT2D eigenvalue weighted by atomic mass is 32.2. The normalized spacial score (nSPS) is 15.2. The number of carbonyl (C=O) groups excluding carboxylic acids is 2. The highest BCUT2D eigenvalue weighted by Gasteiger charge is 2.44. The lowest BCUT2D eigenvalue weighted by Gasteiger charge is -2.37. The first-order chi connectivity index (χ1) is 22.0. The molecule has 5 rings (SSSR count). The zero-order valence-electron chi connectivity index (χ0n) is 25.7. The lowest BCUT2D eigenvalue weighted by Crippen LogP contribution is -2.49. The molecule has 1 aliphatic heterocycles. The van der Waals surface area contributed by atoms with Gasteiger partial charge in [-0.1, -0.05) is 103 Å². The molecule has 0 radical (unpaired) electrons. The number of esters is 1. The van der Waals surface area contributed by atoms with E-state index in [0.717, 1.165) is 28.5 Å². The average Bonchev–Trinajstić information content (AvgIpc) is 3.39. The van der Waals surface area contributed by atoms with Crippen LogP contribution in [0.25, 0.3) is 0 Å². The van der Waals surface area contributed by atoms with Gasteiger partial charge in [0.05, 0.1) is 26.8 Å². The first-order valence-electron chi connectivity index (χ1n) is 14.6. The lowest BCUT2D eigenvalue weighted by atomic mass is 9.84. The van der Waals surface area contributed by atoms with Crippen LogP contribution in [0.2, 0.25) is 0 Å². The summed E-state index contributed by atoms with van der Waals surface area (Å²) in [7, 11) is 0. The van der Waals surface area contributed by atoms with Gasteiger partial charge < -0.3 is 10.5 Å². The Balaban J connectivity index is 1.63. The molecule has 1 amide bonds. The third kappa shape index (κ3) is 7.11. The van der Waals surface area contributed by atoms with E-state index in [9.17, 15) is 19.7 Å². The van der Waals surface area contributed by atoms with Crippen molar-refractivity contribution in [2.24, 2.45) is 4.99 Å². The topological polar surface area (TPSA) is 128 Å². The first-order valence-corrected chi connectivity index (χ1v) is 16.6. The molecule has 9 nitrogen and oxygen atoms in total. The van der Waals surface area contributed by atoms with Gasteiger partial charge >= 0.3 is 5.97 Å². The number of carbonyl (C=O) groups is 2. The number of nitrogen functional groups attached to an aromatic ring is 1. The van der Waals surface area contributed by atoms with Gasteiger partial charge in [0, 0.05) is 17.9 Å². The summed E-state index contributed by atoms with van der Waals surface area (Å²) in [5.74, 6) is -0.727. The second kappa shape index (κ2) is 13.8. The maximum absolute atomic E-state index is 14.0. The molecule has 0 aromatic heterocycles. The van der Waals surface area contributed by atoms with Gasteiger partial charge in [-0.05, 0) is 43.5 Å². The third-order valence-corrected chi connectivity index (χ3v) is 9.79. The monoisotopic (exact) mass is 654 g/mol. The molecule has 1 saturated heterocycles. The van der Waals surface area contributed by atoms with Gasteiger partial charge in [0.25, 0.3) is 5.69 Å². The summed E-state index contributed by atoms with van der Waals surface area (Å²) in [4.78, 5) is 44.4. The minimum absolute atomic E-state index is 0.0405. The summed E-state index contributed by atoms with van der Waals surface area (Å²) in [5.41, 5.74) is 8.47. The molecule has 4 aromatic rings. The predicted octanol–water partition coefficient (Wildman–Crippen LogP) is 7.18. The van der Waals surface area contributed by atoms with Crippen LogP contribution in [0.1, 0.15) is 37.5 Å². The molecule has 2 N–H and O–H groups in total. The molecule has 0 unspecified atom stereocenters. The van der Waals surface area contributed by atoms with E-state index in [1.54, 1.807) is 20.8 Å². The molecule has 1 atom stereocenters. The number of nitrogens with two attached hydrogens (primary N) is 1.